The highest BCUT2D eigenvalue weighted by molar-refractivity contribution is 6.30. The highest BCUT2D eigenvalue weighted by Gasteiger charge is 2.31. The number of nitrogens with zero attached hydrogens (tertiary/aromatic N) is 2. The Balaban J connectivity index is 1.69. The standard InChI is InChI=1S/C20H24ClN3O/c21-18-6-3-15(4-7-18)9-11-24(14-16-2-1-10-23-13-16)20(25)17-5-8-19(22)12-17/h1-4,6-7,10,13,17,19H,5,8-9,11-12,14,22H2/t17-,19+/m0/s1. The van der Waals surface area contributed by atoms with Crippen LogP contribution < -0.4 is 5.73 Å². The predicted octanol–water partition coefficient (Wildman–Crippen LogP) is 3.43. The number of carbonyl (C=O) groups excluding carboxylic acids is 1. The first-order valence-corrected chi connectivity index (χ1v) is 9.17. The first-order valence-electron chi connectivity index (χ1n) is 8.79. The van der Waals surface area contributed by atoms with Crippen LogP contribution in [-0.4, -0.2) is 28.4 Å². The molecule has 1 heterocycles. The molecule has 3 rings (SSSR count). The Morgan fingerprint density at radius 1 is 1.20 bits per heavy atom. The fraction of sp³-hybridized carbons (Fsp3) is 0.400. The molecule has 0 bridgehead atoms. The Morgan fingerprint density at radius 2 is 2.00 bits per heavy atom. The number of amides is 1. The second-order valence-electron chi connectivity index (χ2n) is 6.77. The SMILES string of the molecule is N[C@@H]1CC[C@H](C(=O)N(CCc2ccc(Cl)cc2)Cc2cccnc2)C1. The third kappa shape index (κ3) is 5.03. The molecule has 1 aromatic carbocycles. The van der Waals surface area contributed by atoms with Crippen LogP contribution in [0.1, 0.15) is 30.4 Å². The lowest BCUT2D eigenvalue weighted by Crippen LogP contribution is -2.37. The zero-order chi connectivity index (χ0) is 17.6. The van der Waals surface area contributed by atoms with Gasteiger partial charge in [0.2, 0.25) is 5.91 Å². The van der Waals surface area contributed by atoms with Crippen molar-refractivity contribution < 1.29 is 4.79 Å². The normalized spacial score (nSPS) is 19.8. The fourth-order valence-corrected chi connectivity index (χ4v) is 3.52. The number of rotatable bonds is 6. The Bertz CT molecular complexity index is 690. The maximum absolute atomic E-state index is 13.0. The van der Waals surface area contributed by atoms with Gasteiger partial charge in [0.05, 0.1) is 0 Å². The number of pyridine rings is 1. The number of benzene rings is 1. The number of halogens is 1. The van der Waals surface area contributed by atoms with Crippen molar-refractivity contribution in [2.75, 3.05) is 6.54 Å². The summed E-state index contributed by atoms with van der Waals surface area (Å²) in [5.41, 5.74) is 8.23. The van der Waals surface area contributed by atoms with E-state index in [4.69, 9.17) is 17.3 Å². The van der Waals surface area contributed by atoms with Crippen LogP contribution in [0.3, 0.4) is 0 Å². The number of aromatic nitrogens is 1. The van der Waals surface area contributed by atoms with Crippen molar-refractivity contribution in [3.8, 4) is 0 Å². The highest BCUT2D eigenvalue weighted by atomic mass is 35.5. The third-order valence-corrected chi connectivity index (χ3v) is 5.07. The van der Waals surface area contributed by atoms with Gasteiger partial charge in [0.15, 0.2) is 0 Å². The van der Waals surface area contributed by atoms with Crippen molar-refractivity contribution in [3.63, 3.8) is 0 Å². The van der Waals surface area contributed by atoms with Crippen molar-refractivity contribution >= 4 is 17.5 Å². The van der Waals surface area contributed by atoms with E-state index in [1.807, 2.05) is 47.5 Å². The van der Waals surface area contributed by atoms with Crippen LogP contribution >= 0.6 is 11.6 Å². The summed E-state index contributed by atoms with van der Waals surface area (Å²) in [6, 6.07) is 11.9. The summed E-state index contributed by atoms with van der Waals surface area (Å²) >= 11 is 5.95. The zero-order valence-corrected chi connectivity index (χ0v) is 15.0. The summed E-state index contributed by atoms with van der Waals surface area (Å²) in [4.78, 5) is 19.1. The van der Waals surface area contributed by atoms with E-state index in [0.717, 1.165) is 36.3 Å². The van der Waals surface area contributed by atoms with Crippen LogP contribution in [0.15, 0.2) is 48.8 Å². The fourth-order valence-electron chi connectivity index (χ4n) is 3.39. The molecule has 0 spiro atoms. The van der Waals surface area contributed by atoms with Gasteiger partial charge < -0.3 is 10.6 Å². The van der Waals surface area contributed by atoms with Crippen LogP contribution in [-0.2, 0) is 17.8 Å². The van der Waals surface area contributed by atoms with Crippen LogP contribution in [0.2, 0.25) is 5.02 Å². The van der Waals surface area contributed by atoms with Crippen molar-refractivity contribution in [1.82, 2.24) is 9.88 Å². The molecule has 1 saturated carbocycles. The van der Waals surface area contributed by atoms with Crippen molar-refractivity contribution in [2.24, 2.45) is 11.7 Å². The highest BCUT2D eigenvalue weighted by Crippen LogP contribution is 2.26. The Morgan fingerprint density at radius 3 is 2.64 bits per heavy atom. The first-order chi connectivity index (χ1) is 12.1. The smallest absolute Gasteiger partial charge is 0.226 e. The van der Waals surface area contributed by atoms with Gasteiger partial charge in [-0.05, 0) is 55.0 Å². The molecule has 1 fully saturated rings. The number of hydrogen-bond acceptors (Lipinski definition) is 3. The second-order valence-corrected chi connectivity index (χ2v) is 7.20. The van der Waals surface area contributed by atoms with Gasteiger partial charge >= 0.3 is 0 Å². The summed E-state index contributed by atoms with van der Waals surface area (Å²) in [6.45, 7) is 1.27. The summed E-state index contributed by atoms with van der Waals surface area (Å²) < 4.78 is 0. The molecule has 0 radical (unpaired) electrons. The first kappa shape index (κ1) is 17.9. The Labute approximate surface area is 154 Å². The lowest BCUT2D eigenvalue weighted by atomic mass is 10.0. The third-order valence-electron chi connectivity index (χ3n) is 4.81. The molecule has 2 atom stereocenters. The lowest BCUT2D eigenvalue weighted by molar-refractivity contribution is -0.136. The summed E-state index contributed by atoms with van der Waals surface area (Å²) in [6.07, 6.45) is 7.01. The van der Waals surface area contributed by atoms with E-state index in [-0.39, 0.29) is 17.9 Å². The van der Waals surface area contributed by atoms with Crippen molar-refractivity contribution in [3.05, 3.63) is 64.9 Å². The van der Waals surface area contributed by atoms with Gasteiger partial charge in [-0.3, -0.25) is 9.78 Å². The van der Waals surface area contributed by atoms with E-state index >= 15 is 0 Å². The van der Waals surface area contributed by atoms with Gasteiger partial charge in [0.25, 0.3) is 0 Å². The van der Waals surface area contributed by atoms with Crippen molar-refractivity contribution in [1.29, 1.82) is 0 Å². The van der Waals surface area contributed by atoms with E-state index in [9.17, 15) is 4.79 Å². The maximum atomic E-state index is 13.0. The number of hydrogen-bond donors (Lipinski definition) is 1. The predicted molar refractivity (Wildman–Crippen MR) is 100 cm³/mol. The Kier molecular flexibility index (Phi) is 6.05. The topological polar surface area (TPSA) is 59.2 Å². The quantitative estimate of drug-likeness (QED) is 0.861. The molecule has 2 aromatic rings. The Hall–Kier alpha value is -1.91. The van der Waals surface area contributed by atoms with E-state index < -0.39 is 0 Å². The average molecular weight is 358 g/mol. The van der Waals surface area contributed by atoms with Gasteiger partial charge in [-0.1, -0.05) is 29.8 Å². The van der Waals surface area contributed by atoms with E-state index in [0.29, 0.717) is 13.1 Å². The van der Waals surface area contributed by atoms with Crippen LogP contribution in [0, 0.1) is 5.92 Å². The molecule has 4 nitrogen and oxygen atoms in total. The molecule has 1 aliphatic carbocycles. The monoisotopic (exact) mass is 357 g/mol. The molecule has 132 valence electrons. The molecule has 2 N–H and O–H groups in total. The minimum atomic E-state index is 0.0527. The lowest BCUT2D eigenvalue weighted by Gasteiger charge is -2.26. The number of carbonyl (C=O) groups is 1. The van der Waals surface area contributed by atoms with Gasteiger partial charge in [0.1, 0.15) is 0 Å². The minimum absolute atomic E-state index is 0.0527. The zero-order valence-electron chi connectivity index (χ0n) is 14.3. The van der Waals surface area contributed by atoms with E-state index in [1.165, 1.54) is 5.56 Å². The van der Waals surface area contributed by atoms with Crippen LogP contribution in [0.4, 0.5) is 0 Å². The van der Waals surface area contributed by atoms with Gasteiger partial charge in [0, 0.05) is 42.5 Å². The second kappa shape index (κ2) is 8.45. The van der Waals surface area contributed by atoms with E-state index in [2.05, 4.69) is 4.98 Å². The minimum Gasteiger partial charge on any atom is -0.338 e. The van der Waals surface area contributed by atoms with Gasteiger partial charge in [-0.2, -0.15) is 0 Å². The summed E-state index contributed by atoms with van der Waals surface area (Å²) in [7, 11) is 0. The molecule has 25 heavy (non-hydrogen) atoms. The molecule has 0 unspecified atom stereocenters. The summed E-state index contributed by atoms with van der Waals surface area (Å²) in [5, 5.41) is 0.729. The molecule has 0 saturated heterocycles. The van der Waals surface area contributed by atoms with Gasteiger partial charge in [-0.15, -0.1) is 0 Å². The van der Waals surface area contributed by atoms with Crippen LogP contribution in [0.5, 0.6) is 0 Å². The molecular formula is C20H24ClN3O. The molecule has 1 aliphatic rings. The molecular weight excluding hydrogens is 334 g/mol. The average Bonchev–Trinajstić information content (AvgIpc) is 3.07. The number of nitrogens with two attached hydrogens (primary N) is 1. The largest absolute Gasteiger partial charge is 0.338 e. The maximum Gasteiger partial charge on any atom is 0.226 e. The van der Waals surface area contributed by atoms with Crippen LogP contribution in [0.25, 0.3) is 0 Å². The molecule has 0 aliphatic heterocycles. The molecule has 1 amide bonds. The molecule has 1 aromatic heterocycles. The molecule has 5 heteroatoms. The van der Waals surface area contributed by atoms with Crippen molar-refractivity contribution in [2.45, 2.75) is 38.3 Å². The summed E-state index contributed by atoms with van der Waals surface area (Å²) in [5.74, 6) is 0.266. The van der Waals surface area contributed by atoms with E-state index in [1.54, 1.807) is 6.20 Å². The van der Waals surface area contributed by atoms with Gasteiger partial charge in [-0.25, -0.2) is 0 Å².